The summed E-state index contributed by atoms with van der Waals surface area (Å²) in [6.07, 6.45) is 2.43. The zero-order valence-electron chi connectivity index (χ0n) is 12.0. The minimum Gasteiger partial charge on any atom is -0.466 e. The number of thioether (sulfide) groups is 1. The summed E-state index contributed by atoms with van der Waals surface area (Å²) >= 11 is 7.66. The highest BCUT2D eigenvalue weighted by molar-refractivity contribution is 8.00. The summed E-state index contributed by atoms with van der Waals surface area (Å²) in [6, 6.07) is 7.54. The van der Waals surface area contributed by atoms with Crippen LogP contribution in [0.5, 0.6) is 0 Å². The number of carbonyl (C=O) groups is 2. The Morgan fingerprint density at radius 2 is 2.19 bits per heavy atom. The van der Waals surface area contributed by atoms with Gasteiger partial charge in [0, 0.05) is 17.7 Å². The molecule has 3 nitrogen and oxygen atoms in total. The second kappa shape index (κ2) is 7.85. The lowest BCUT2D eigenvalue weighted by Crippen LogP contribution is -2.28. The van der Waals surface area contributed by atoms with E-state index in [-0.39, 0.29) is 22.9 Å². The first-order valence-corrected chi connectivity index (χ1v) is 8.45. The van der Waals surface area contributed by atoms with Crippen LogP contribution in [-0.4, -0.2) is 23.6 Å². The van der Waals surface area contributed by atoms with Crippen LogP contribution in [0.1, 0.15) is 32.6 Å². The van der Waals surface area contributed by atoms with Gasteiger partial charge in [-0.25, -0.2) is 0 Å². The minimum absolute atomic E-state index is 0.113. The van der Waals surface area contributed by atoms with Gasteiger partial charge in [-0.1, -0.05) is 23.7 Å². The molecule has 0 aromatic heterocycles. The number of Topliss-reactive ketones (excluding diaryl/α,β-unsaturated/α-hetero) is 1. The summed E-state index contributed by atoms with van der Waals surface area (Å²) in [6.45, 7) is 2.21. The van der Waals surface area contributed by atoms with E-state index in [1.54, 1.807) is 6.92 Å². The average molecular weight is 327 g/mol. The molecule has 0 spiro atoms. The Morgan fingerprint density at radius 3 is 2.90 bits per heavy atom. The Balaban J connectivity index is 1.97. The molecule has 1 aromatic rings. The second-order valence-electron chi connectivity index (χ2n) is 5.15. The molecule has 0 heterocycles. The van der Waals surface area contributed by atoms with E-state index in [0.29, 0.717) is 30.9 Å². The molecule has 2 unspecified atom stereocenters. The Morgan fingerprint density at radius 1 is 1.43 bits per heavy atom. The lowest BCUT2D eigenvalue weighted by Gasteiger charge is -2.27. The molecule has 5 heteroatoms. The van der Waals surface area contributed by atoms with Crippen molar-refractivity contribution < 1.29 is 14.3 Å². The van der Waals surface area contributed by atoms with Gasteiger partial charge in [-0.05, 0) is 37.8 Å². The topological polar surface area (TPSA) is 43.4 Å². The normalized spacial score (nSPS) is 22.1. The van der Waals surface area contributed by atoms with Crippen molar-refractivity contribution in [2.24, 2.45) is 5.92 Å². The molecule has 0 aliphatic heterocycles. The molecule has 0 saturated heterocycles. The van der Waals surface area contributed by atoms with Crippen LogP contribution in [0.15, 0.2) is 29.2 Å². The smallest absolute Gasteiger partial charge is 0.306 e. The van der Waals surface area contributed by atoms with Gasteiger partial charge in [0.1, 0.15) is 5.78 Å². The van der Waals surface area contributed by atoms with Gasteiger partial charge in [0.15, 0.2) is 0 Å². The third-order valence-corrected chi connectivity index (χ3v) is 5.36. The largest absolute Gasteiger partial charge is 0.466 e. The first-order chi connectivity index (χ1) is 10.1. The number of hydrogen-bond acceptors (Lipinski definition) is 4. The van der Waals surface area contributed by atoms with E-state index in [4.69, 9.17) is 16.3 Å². The number of hydrogen-bond donors (Lipinski definition) is 0. The van der Waals surface area contributed by atoms with E-state index in [0.717, 1.165) is 11.3 Å². The second-order valence-corrected chi connectivity index (χ2v) is 6.80. The summed E-state index contributed by atoms with van der Waals surface area (Å²) < 4.78 is 4.99. The van der Waals surface area contributed by atoms with Crippen LogP contribution in [0.3, 0.4) is 0 Å². The fourth-order valence-electron chi connectivity index (χ4n) is 2.51. The van der Waals surface area contributed by atoms with E-state index >= 15 is 0 Å². The fraction of sp³-hybridized carbons (Fsp3) is 0.500. The van der Waals surface area contributed by atoms with Gasteiger partial charge in [-0.2, -0.15) is 0 Å². The van der Waals surface area contributed by atoms with Crippen molar-refractivity contribution in [1.29, 1.82) is 0 Å². The summed E-state index contributed by atoms with van der Waals surface area (Å²) in [4.78, 5) is 24.6. The quantitative estimate of drug-likeness (QED) is 0.763. The van der Waals surface area contributed by atoms with Crippen molar-refractivity contribution in [3.8, 4) is 0 Å². The number of ether oxygens (including phenoxy) is 1. The van der Waals surface area contributed by atoms with Crippen molar-refractivity contribution in [2.45, 2.75) is 42.8 Å². The summed E-state index contributed by atoms with van der Waals surface area (Å²) in [5.41, 5.74) is 0. The SMILES string of the molecule is CCOC(=O)CC1CCC(=O)C(Sc2ccccc2Cl)C1. The first kappa shape index (κ1) is 16.4. The van der Waals surface area contributed by atoms with Crippen LogP contribution in [0.4, 0.5) is 0 Å². The molecule has 2 atom stereocenters. The number of benzene rings is 1. The van der Waals surface area contributed by atoms with Crippen LogP contribution < -0.4 is 0 Å². The van der Waals surface area contributed by atoms with Gasteiger partial charge >= 0.3 is 5.97 Å². The number of rotatable bonds is 5. The summed E-state index contributed by atoms with van der Waals surface area (Å²) in [5, 5.41) is 0.556. The molecule has 114 valence electrons. The molecule has 1 aromatic carbocycles. The number of carbonyl (C=O) groups excluding carboxylic acids is 2. The van der Waals surface area contributed by atoms with Crippen molar-refractivity contribution in [3.63, 3.8) is 0 Å². The maximum atomic E-state index is 12.1. The Kier molecular flexibility index (Phi) is 6.12. The van der Waals surface area contributed by atoms with Crippen molar-refractivity contribution in [3.05, 3.63) is 29.3 Å². The number of ketones is 1. The zero-order chi connectivity index (χ0) is 15.2. The highest BCUT2D eigenvalue weighted by Gasteiger charge is 2.31. The van der Waals surface area contributed by atoms with Crippen LogP contribution in [-0.2, 0) is 14.3 Å². The minimum atomic E-state index is -0.168. The van der Waals surface area contributed by atoms with E-state index in [1.807, 2.05) is 24.3 Å². The van der Waals surface area contributed by atoms with Gasteiger partial charge in [0.2, 0.25) is 0 Å². The highest BCUT2D eigenvalue weighted by atomic mass is 35.5. The molecule has 0 radical (unpaired) electrons. The van der Waals surface area contributed by atoms with Gasteiger partial charge in [-0.15, -0.1) is 11.8 Å². The van der Waals surface area contributed by atoms with Crippen molar-refractivity contribution in [2.75, 3.05) is 6.61 Å². The molecular weight excluding hydrogens is 308 g/mol. The molecule has 0 amide bonds. The molecule has 1 saturated carbocycles. The monoisotopic (exact) mass is 326 g/mol. The van der Waals surface area contributed by atoms with Crippen LogP contribution in [0, 0.1) is 5.92 Å². The predicted molar refractivity (Wildman–Crippen MR) is 84.7 cm³/mol. The molecule has 0 bridgehead atoms. The van der Waals surface area contributed by atoms with E-state index in [2.05, 4.69) is 0 Å². The molecule has 2 rings (SSSR count). The Labute approximate surface area is 134 Å². The average Bonchev–Trinajstić information content (AvgIpc) is 2.45. The zero-order valence-corrected chi connectivity index (χ0v) is 13.6. The fourth-order valence-corrected chi connectivity index (χ4v) is 4.04. The number of halogens is 1. The molecule has 0 N–H and O–H groups in total. The summed E-state index contributed by atoms with van der Waals surface area (Å²) in [7, 11) is 0. The van der Waals surface area contributed by atoms with Crippen LogP contribution >= 0.6 is 23.4 Å². The summed E-state index contributed by atoms with van der Waals surface area (Å²) in [5.74, 6) is 0.306. The van der Waals surface area contributed by atoms with Gasteiger partial charge < -0.3 is 4.74 Å². The predicted octanol–water partition coefficient (Wildman–Crippen LogP) is 4.12. The lowest BCUT2D eigenvalue weighted by atomic mass is 9.86. The molecule has 1 aliphatic rings. The van der Waals surface area contributed by atoms with Gasteiger partial charge in [0.25, 0.3) is 0 Å². The van der Waals surface area contributed by atoms with Crippen molar-refractivity contribution >= 4 is 35.1 Å². The highest BCUT2D eigenvalue weighted by Crippen LogP contribution is 2.38. The molecular formula is C16H19ClO3S. The third-order valence-electron chi connectivity index (χ3n) is 3.57. The molecule has 1 aliphatic carbocycles. The third kappa shape index (κ3) is 4.75. The van der Waals surface area contributed by atoms with Crippen molar-refractivity contribution in [1.82, 2.24) is 0 Å². The van der Waals surface area contributed by atoms with E-state index in [9.17, 15) is 9.59 Å². The lowest BCUT2D eigenvalue weighted by molar-refractivity contribution is -0.144. The van der Waals surface area contributed by atoms with E-state index < -0.39 is 0 Å². The molecule has 1 fully saturated rings. The number of esters is 1. The Hall–Kier alpha value is -1.00. The first-order valence-electron chi connectivity index (χ1n) is 7.19. The Bertz CT molecular complexity index is 518. The molecule has 21 heavy (non-hydrogen) atoms. The van der Waals surface area contributed by atoms with Gasteiger partial charge in [0.05, 0.1) is 16.9 Å². The van der Waals surface area contributed by atoms with Crippen LogP contribution in [0.2, 0.25) is 5.02 Å². The maximum Gasteiger partial charge on any atom is 0.306 e. The van der Waals surface area contributed by atoms with Gasteiger partial charge in [-0.3, -0.25) is 9.59 Å². The van der Waals surface area contributed by atoms with Crippen LogP contribution in [0.25, 0.3) is 0 Å². The maximum absolute atomic E-state index is 12.1. The standard InChI is InChI=1S/C16H19ClO3S/c1-2-20-16(19)10-11-7-8-13(18)15(9-11)21-14-6-4-3-5-12(14)17/h3-6,11,15H,2,7-10H2,1H3. The van der Waals surface area contributed by atoms with E-state index in [1.165, 1.54) is 11.8 Å².